The fraction of sp³-hybridized carbons (Fsp3) is 0.636. The van der Waals surface area contributed by atoms with Gasteiger partial charge < -0.3 is 10.1 Å². The number of ether oxygens (including phenoxy) is 1. The van der Waals surface area contributed by atoms with E-state index in [1.165, 1.54) is 38.5 Å². The van der Waals surface area contributed by atoms with Crippen LogP contribution in [0.4, 0.5) is 0 Å². The second-order valence-corrected chi connectivity index (χ2v) is 9.01. The highest BCUT2D eigenvalue weighted by atomic mass is 16.5. The topological polar surface area (TPSA) is 55.4 Å². The van der Waals surface area contributed by atoms with Crippen molar-refractivity contribution in [3.8, 4) is 0 Å². The molecular weight excluding hydrogens is 326 g/mol. The fourth-order valence-electron chi connectivity index (χ4n) is 6.13. The molecule has 0 aromatic heterocycles. The molecule has 4 heteroatoms. The zero-order valence-corrected chi connectivity index (χ0v) is 15.8. The lowest BCUT2D eigenvalue weighted by atomic mass is 9.48. The minimum Gasteiger partial charge on any atom is -0.452 e. The lowest BCUT2D eigenvalue weighted by molar-refractivity contribution is -0.128. The first-order valence-electron chi connectivity index (χ1n) is 9.97. The fourth-order valence-corrected chi connectivity index (χ4v) is 6.13. The van der Waals surface area contributed by atoms with Gasteiger partial charge in [0.25, 0.3) is 5.91 Å². The van der Waals surface area contributed by atoms with Gasteiger partial charge in [-0.1, -0.05) is 17.7 Å². The summed E-state index contributed by atoms with van der Waals surface area (Å²) in [5.41, 5.74) is 1.76. The highest BCUT2D eigenvalue weighted by Gasteiger charge is 2.53. The Morgan fingerprint density at radius 3 is 2.35 bits per heavy atom. The van der Waals surface area contributed by atoms with Crippen molar-refractivity contribution in [2.24, 2.45) is 23.2 Å². The van der Waals surface area contributed by atoms with Crippen molar-refractivity contribution < 1.29 is 14.3 Å². The van der Waals surface area contributed by atoms with Gasteiger partial charge in [-0.05, 0) is 87.7 Å². The van der Waals surface area contributed by atoms with E-state index in [0.29, 0.717) is 5.56 Å². The summed E-state index contributed by atoms with van der Waals surface area (Å²) in [6.45, 7) is 3.87. The molecule has 140 valence electrons. The molecule has 0 spiro atoms. The van der Waals surface area contributed by atoms with Crippen molar-refractivity contribution in [2.75, 3.05) is 6.61 Å². The van der Waals surface area contributed by atoms with Crippen molar-refractivity contribution in [1.29, 1.82) is 0 Å². The van der Waals surface area contributed by atoms with Crippen LogP contribution < -0.4 is 5.32 Å². The SMILES string of the molecule is Cc1cccc(C(=O)OCC(=O)NC(C)C23CC4CC(CC(C4)C2)C3)c1. The molecule has 1 unspecified atom stereocenters. The molecular formula is C22H29NO3. The number of rotatable bonds is 5. The van der Waals surface area contributed by atoms with Gasteiger partial charge in [0.05, 0.1) is 5.56 Å². The monoisotopic (exact) mass is 355 g/mol. The number of hydrogen-bond acceptors (Lipinski definition) is 3. The standard InChI is InChI=1S/C22H29NO3/c1-14-4-3-5-19(6-14)21(25)26-13-20(24)23-15(2)22-10-16-7-17(11-22)9-18(8-16)12-22/h3-6,15-18H,7-13H2,1-2H3,(H,23,24). The van der Waals surface area contributed by atoms with Crippen LogP contribution in [-0.2, 0) is 9.53 Å². The first kappa shape index (κ1) is 17.6. The van der Waals surface area contributed by atoms with E-state index in [9.17, 15) is 9.59 Å². The summed E-state index contributed by atoms with van der Waals surface area (Å²) in [5, 5.41) is 3.14. The van der Waals surface area contributed by atoms with Crippen LogP contribution in [0.25, 0.3) is 0 Å². The van der Waals surface area contributed by atoms with Gasteiger partial charge in [0.15, 0.2) is 6.61 Å². The third kappa shape index (κ3) is 3.38. The van der Waals surface area contributed by atoms with Gasteiger partial charge >= 0.3 is 5.97 Å². The molecule has 4 saturated carbocycles. The van der Waals surface area contributed by atoms with E-state index in [-0.39, 0.29) is 24.0 Å². The van der Waals surface area contributed by atoms with E-state index in [0.717, 1.165) is 23.3 Å². The van der Waals surface area contributed by atoms with E-state index in [1.807, 2.05) is 19.1 Å². The summed E-state index contributed by atoms with van der Waals surface area (Å²) in [7, 11) is 0. The molecule has 4 fully saturated rings. The summed E-state index contributed by atoms with van der Waals surface area (Å²) in [5.74, 6) is 1.96. The highest BCUT2D eigenvalue weighted by Crippen LogP contribution is 2.61. The van der Waals surface area contributed by atoms with Crippen LogP contribution in [0.3, 0.4) is 0 Å². The third-order valence-electron chi connectivity index (χ3n) is 6.97. The molecule has 0 radical (unpaired) electrons. The highest BCUT2D eigenvalue weighted by molar-refractivity contribution is 5.91. The molecule has 1 amide bonds. The zero-order valence-electron chi connectivity index (χ0n) is 15.8. The first-order chi connectivity index (χ1) is 12.4. The lowest BCUT2D eigenvalue weighted by Gasteiger charge is -2.59. The molecule has 4 nitrogen and oxygen atoms in total. The minimum atomic E-state index is -0.439. The number of amides is 1. The molecule has 26 heavy (non-hydrogen) atoms. The number of hydrogen-bond donors (Lipinski definition) is 1. The van der Waals surface area contributed by atoms with Crippen molar-refractivity contribution >= 4 is 11.9 Å². The summed E-state index contributed by atoms with van der Waals surface area (Å²) in [4.78, 5) is 24.5. The second-order valence-electron chi connectivity index (χ2n) is 9.01. The Morgan fingerprint density at radius 2 is 1.77 bits per heavy atom. The number of carbonyl (C=O) groups excluding carboxylic acids is 2. The molecule has 4 bridgehead atoms. The van der Waals surface area contributed by atoms with Crippen LogP contribution >= 0.6 is 0 Å². The predicted octanol–water partition coefficient (Wildman–Crippen LogP) is 3.87. The maximum atomic E-state index is 12.4. The predicted molar refractivity (Wildman–Crippen MR) is 99.7 cm³/mol. The number of nitrogens with one attached hydrogen (secondary N) is 1. The van der Waals surface area contributed by atoms with Crippen LogP contribution in [0.1, 0.15) is 61.4 Å². The van der Waals surface area contributed by atoms with Crippen LogP contribution in [-0.4, -0.2) is 24.5 Å². The van der Waals surface area contributed by atoms with Gasteiger partial charge in [0.2, 0.25) is 0 Å². The van der Waals surface area contributed by atoms with Crippen molar-refractivity contribution in [1.82, 2.24) is 5.32 Å². The number of aryl methyl sites for hydroxylation is 1. The third-order valence-corrected chi connectivity index (χ3v) is 6.97. The van der Waals surface area contributed by atoms with Gasteiger partial charge in [-0.15, -0.1) is 0 Å². The van der Waals surface area contributed by atoms with Crippen molar-refractivity contribution in [2.45, 2.75) is 58.4 Å². The van der Waals surface area contributed by atoms with Crippen LogP contribution in [0.2, 0.25) is 0 Å². The lowest BCUT2D eigenvalue weighted by Crippen LogP contribution is -2.56. The van der Waals surface area contributed by atoms with Gasteiger partial charge in [0.1, 0.15) is 0 Å². The van der Waals surface area contributed by atoms with Crippen LogP contribution in [0, 0.1) is 30.1 Å². The molecule has 0 aliphatic heterocycles. The second kappa shape index (κ2) is 6.71. The maximum Gasteiger partial charge on any atom is 0.338 e. The van der Waals surface area contributed by atoms with Crippen molar-refractivity contribution in [3.63, 3.8) is 0 Å². The van der Waals surface area contributed by atoms with E-state index < -0.39 is 5.97 Å². The van der Waals surface area contributed by atoms with E-state index in [1.54, 1.807) is 12.1 Å². The molecule has 1 N–H and O–H groups in total. The van der Waals surface area contributed by atoms with E-state index >= 15 is 0 Å². The maximum absolute atomic E-state index is 12.4. The average Bonchev–Trinajstić information content (AvgIpc) is 2.58. The number of carbonyl (C=O) groups is 2. The first-order valence-corrected chi connectivity index (χ1v) is 9.97. The van der Waals surface area contributed by atoms with E-state index in [2.05, 4.69) is 12.2 Å². The smallest absolute Gasteiger partial charge is 0.338 e. The molecule has 0 heterocycles. The Morgan fingerprint density at radius 1 is 1.15 bits per heavy atom. The Bertz CT molecular complexity index is 676. The zero-order chi connectivity index (χ0) is 18.3. The molecule has 5 rings (SSSR count). The van der Waals surface area contributed by atoms with Crippen LogP contribution in [0.15, 0.2) is 24.3 Å². The van der Waals surface area contributed by atoms with Crippen molar-refractivity contribution in [3.05, 3.63) is 35.4 Å². The van der Waals surface area contributed by atoms with Gasteiger partial charge in [-0.3, -0.25) is 4.79 Å². The normalized spacial score (nSPS) is 32.9. The number of esters is 1. The summed E-state index contributed by atoms with van der Waals surface area (Å²) in [6.07, 6.45) is 7.95. The Balaban J connectivity index is 1.31. The molecule has 0 saturated heterocycles. The van der Waals surface area contributed by atoms with Gasteiger partial charge in [-0.25, -0.2) is 4.79 Å². The molecule has 1 atom stereocenters. The Labute approximate surface area is 155 Å². The Kier molecular flexibility index (Phi) is 4.54. The minimum absolute atomic E-state index is 0.154. The Hall–Kier alpha value is -1.84. The summed E-state index contributed by atoms with van der Waals surface area (Å²) in [6, 6.07) is 7.39. The van der Waals surface area contributed by atoms with E-state index in [4.69, 9.17) is 4.74 Å². The summed E-state index contributed by atoms with van der Waals surface area (Å²) >= 11 is 0. The van der Waals surface area contributed by atoms with Gasteiger partial charge in [0, 0.05) is 6.04 Å². The largest absolute Gasteiger partial charge is 0.452 e. The molecule has 4 aliphatic rings. The van der Waals surface area contributed by atoms with Crippen LogP contribution in [0.5, 0.6) is 0 Å². The van der Waals surface area contributed by atoms with Gasteiger partial charge in [-0.2, -0.15) is 0 Å². The average molecular weight is 355 g/mol. The molecule has 4 aliphatic carbocycles. The molecule has 1 aromatic carbocycles. The number of benzene rings is 1. The quantitative estimate of drug-likeness (QED) is 0.816. The molecule has 1 aromatic rings. The summed E-state index contributed by atoms with van der Waals surface area (Å²) < 4.78 is 5.21.